The predicted octanol–water partition coefficient (Wildman–Crippen LogP) is 5.14. The van der Waals surface area contributed by atoms with Gasteiger partial charge in [0, 0.05) is 0 Å². The normalized spacial score (nSPS) is 11.6. The van der Waals surface area contributed by atoms with E-state index in [1.165, 1.54) is 11.1 Å². The number of benzene rings is 2. The third-order valence-electron chi connectivity index (χ3n) is 4.35. The lowest BCUT2D eigenvalue weighted by Crippen LogP contribution is -2.07. The van der Waals surface area contributed by atoms with E-state index >= 15 is 0 Å². The van der Waals surface area contributed by atoms with Gasteiger partial charge in [0.2, 0.25) is 0 Å². The minimum absolute atomic E-state index is 0.378. The Morgan fingerprint density at radius 2 is 1.84 bits per heavy atom. The van der Waals surface area contributed by atoms with E-state index in [4.69, 9.17) is 4.74 Å². The molecule has 3 aromatic rings. The van der Waals surface area contributed by atoms with Gasteiger partial charge in [0.1, 0.15) is 11.3 Å². The van der Waals surface area contributed by atoms with Crippen LogP contribution in [-0.4, -0.2) is 21.6 Å². The van der Waals surface area contributed by atoms with Crippen LogP contribution < -0.4 is 4.74 Å². The molecule has 3 rings (SSSR count). The zero-order valence-corrected chi connectivity index (χ0v) is 15.8. The molecule has 1 aromatic heterocycles. The molecule has 4 heteroatoms. The number of hydrogen-bond donors (Lipinski definition) is 0. The third-order valence-corrected chi connectivity index (χ3v) is 4.35. The molecule has 0 fully saturated rings. The molecule has 0 saturated heterocycles. The summed E-state index contributed by atoms with van der Waals surface area (Å²) >= 11 is 0. The van der Waals surface area contributed by atoms with Gasteiger partial charge in [-0.05, 0) is 59.7 Å². The largest absolute Gasteiger partial charge is 0.493 e. The molecule has 4 nitrogen and oxygen atoms in total. The monoisotopic (exact) mass is 337 g/mol. The molecule has 2 aromatic carbocycles. The first-order chi connectivity index (χ1) is 12.0. The van der Waals surface area contributed by atoms with E-state index in [1.54, 1.807) is 0 Å². The standard InChI is InChI=1S/C21H27N3O/c1-6-16-7-9-20-19(11-16)22-23-24(20)17-8-10-21(25-13-14(2)3)18(12-17)15(4)5/h7-12,14-15H,6,13H2,1-5H3. The van der Waals surface area contributed by atoms with Crippen molar-refractivity contribution in [2.45, 2.75) is 47.0 Å². The van der Waals surface area contributed by atoms with Crippen molar-refractivity contribution in [1.29, 1.82) is 0 Å². The number of ether oxygens (including phenoxy) is 1. The molecule has 0 radical (unpaired) electrons. The molecular formula is C21H27N3O. The van der Waals surface area contributed by atoms with Crippen molar-refractivity contribution in [2.75, 3.05) is 6.61 Å². The number of rotatable bonds is 6. The Kier molecular flexibility index (Phi) is 5.07. The highest BCUT2D eigenvalue weighted by Gasteiger charge is 2.13. The van der Waals surface area contributed by atoms with Crippen molar-refractivity contribution >= 4 is 11.0 Å². The fourth-order valence-corrected chi connectivity index (χ4v) is 2.89. The minimum atomic E-state index is 0.378. The molecule has 0 amide bonds. The van der Waals surface area contributed by atoms with Crippen molar-refractivity contribution in [2.24, 2.45) is 5.92 Å². The topological polar surface area (TPSA) is 39.9 Å². The van der Waals surface area contributed by atoms with Crippen LogP contribution in [-0.2, 0) is 6.42 Å². The van der Waals surface area contributed by atoms with Crippen LogP contribution in [0.25, 0.3) is 16.7 Å². The Bertz CT molecular complexity index is 865. The van der Waals surface area contributed by atoms with Crippen LogP contribution in [0, 0.1) is 5.92 Å². The summed E-state index contributed by atoms with van der Waals surface area (Å²) < 4.78 is 7.91. The van der Waals surface area contributed by atoms with Gasteiger partial charge >= 0.3 is 0 Å². The van der Waals surface area contributed by atoms with E-state index < -0.39 is 0 Å². The average Bonchev–Trinajstić information content (AvgIpc) is 3.02. The van der Waals surface area contributed by atoms with Crippen LogP contribution in [0.3, 0.4) is 0 Å². The summed E-state index contributed by atoms with van der Waals surface area (Å²) in [5.41, 5.74) is 5.47. The molecule has 132 valence electrons. The summed E-state index contributed by atoms with van der Waals surface area (Å²) in [4.78, 5) is 0. The van der Waals surface area contributed by atoms with Crippen LogP contribution in [0.15, 0.2) is 36.4 Å². The third kappa shape index (κ3) is 3.68. The van der Waals surface area contributed by atoms with Gasteiger partial charge in [0.15, 0.2) is 0 Å². The van der Waals surface area contributed by atoms with E-state index in [9.17, 15) is 0 Å². The molecular weight excluding hydrogens is 310 g/mol. The number of fused-ring (bicyclic) bond motifs is 1. The van der Waals surface area contributed by atoms with E-state index in [0.717, 1.165) is 35.5 Å². The lowest BCUT2D eigenvalue weighted by Gasteiger charge is -2.17. The lowest BCUT2D eigenvalue weighted by atomic mass is 10.0. The first kappa shape index (κ1) is 17.5. The van der Waals surface area contributed by atoms with Gasteiger partial charge in [-0.25, -0.2) is 4.68 Å². The first-order valence-corrected chi connectivity index (χ1v) is 9.11. The van der Waals surface area contributed by atoms with Crippen molar-refractivity contribution in [3.63, 3.8) is 0 Å². The van der Waals surface area contributed by atoms with Gasteiger partial charge in [-0.2, -0.15) is 0 Å². The molecule has 0 unspecified atom stereocenters. The zero-order valence-electron chi connectivity index (χ0n) is 15.8. The number of hydrogen-bond acceptors (Lipinski definition) is 3. The van der Waals surface area contributed by atoms with Gasteiger partial charge in [0.25, 0.3) is 0 Å². The summed E-state index contributed by atoms with van der Waals surface area (Å²) in [5.74, 6) is 1.85. The number of aryl methyl sites for hydroxylation is 1. The van der Waals surface area contributed by atoms with Crippen molar-refractivity contribution in [3.8, 4) is 11.4 Å². The maximum atomic E-state index is 6.00. The fraction of sp³-hybridized carbons (Fsp3) is 0.429. The second-order valence-electron chi connectivity index (χ2n) is 7.26. The molecule has 0 spiro atoms. The summed E-state index contributed by atoms with van der Waals surface area (Å²) in [6.45, 7) is 11.6. The molecule has 1 heterocycles. The van der Waals surface area contributed by atoms with Crippen molar-refractivity contribution in [1.82, 2.24) is 15.0 Å². The second-order valence-corrected chi connectivity index (χ2v) is 7.26. The quantitative estimate of drug-likeness (QED) is 0.625. The van der Waals surface area contributed by atoms with Gasteiger partial charge in [-0.3, -0.25) is 0 Å². The van der Waals surface area contributed by atoms with Gasteiger partial charge in [-0.1, -0.05) is 45.9 Å². The Labute approximate surface area is 149 Å². The summed E-state index contributed by atoms with van der Waals surface area (Å²) in [7, 11) is 0. The van der Waals surface area contributed by atoms with E-state index in [0.29, 0.717) is 11.8 Å². The highest BCUT2D eigenvalue weighted by Crippen LogP contribution is 2.30. The molecule has 0 N–H and O–H groups in total. The maximum absolute atomic E-state index is 6.00. The van der Waals surface area contributed by atoms with Gasteiger partial charge in [0.05, 0.1) is 17.8 Å². The second kappa shape index (κ2) is 7.26. The van der Waals surface area contributed by atoms with Crippen molar-refractivity contribution < 1.29 is 4.74 Å². The van der Waals surface area contributed by atoms with E-state index in [1.807, 2.05) is 4.68 Å². The van der Waals surface area contributed by atoms with Gasteiger partial charge in [-0.15, -0.1) is 5.10 Å². The Morgan fingerprint density at radius 3 is 2.52 bits per heavy atom. The minimum Gasteiger partial charge on any atom is -0.493 e. The molecule has 0 aliphatic heterocycles. The highest BCUT2D eigenvalue weighted by molar-refractivity contribution is 5.77. The number of nitrogens with zero attached hydrogens (tertiary/aromatic N) is 3. The van der Waals surface area contributed by atoms with E-state index in [2.05, 4.69) is 81.3 Å². The molecule has 0 saturated carbocycles. The molecule has 0 bridgehead atoms. The van der Waals surface area contributed by atoms with Crippen molar-refractivity contribution in [3.05, 3.63) is 47.5 Å². The molecule has 0 aliphatic carbocycles. The predicted molar refractivity (Wildman–Crippen MR) is 103 cm³/mol. The Morgan fingerprint density at radius 1 is 1.04 bits per heavy atom. The van der Waals surface area contributed by atoms with Crippen LogP contribution in [0.5, 0.6) is 5.75 Å². The SMILES string of the molecule is CCc1ccc2c(c1)nnn2-c1ccc(OCC(C)C)c(C(C)C)c1. The Hall–Kier alpha value is -2.36. The molecule has 25 heavy (non-hydrogen) atoms. The first-order valence-electron chi connectivity index (χ1n) is 9.11. The Balaban J connectivity index is 2.01. The molecule has 0 aliphatic rings. The summed E-state index contributed by atoms with van der Waals surface area (Å²) in [6, 6.07) is 12.6. The van der Waals surface area contributed by atoms with Crippen LogP contribution >= 0.6 is 0 Å². The lowest BCUT2D eigenvalue weighted by molar-refractivity contribution is 0.267. The van der Waals surface area contributed by atoms with Crippen LogP contribution in [0.1, 0.15) is 51.7 Å². The summed E-state index contributed by atoms with van der Waals surface area (Å²) in [5, 5.41) is 8.71. The van der Waals surface area contributed by atoms with E-state index in [-0.39, 0.29) is 0 Å². The number of aromatic nitrogens is 3. The maximum Gasteiger partial charge on any atom is 0.122 e. The zero-order chi connectivity index (χ0) is 18.0. The highest BCUT2D eigenvalue weighted by atomic mass is 16.5. The average molecular weight is 337 g/mol. The van der Waals surface area contributed by atoms with Crippen LogP contribution in [0.4, 0.5) is 0 Å². The smallest absolute Gasteiger partial charge is 0.122 e. The van der Waals surface area contributed by atoms with Gasteiger partial charge < -0.3 is 4.74 Å². The summed E-state index contributed by atoms with van der Waals surface area (Å²) in [6.07, 6.45) is 1.00. The fourth-order valence-electron chi connectivity index (χ4n) is 2.89. The van der Waals surface area contributed by atoms with Crippen LogP contribution in [0.2, 0.25) is 0 Å². The molecule has 0 atom stereocenters.